The molecule has 1 heterocycles. The molecule has 0 bridgehead atoms. The summed E-state index contributed by atoms with van der Waals surface area (Å²) < 4.78 is 0.847. The highest BCUT2D eigenvalue weighted by atomic mass is 16.5. The molecular weight excluding hydrogens is 190 g/mol. The van der Waals surface area contributed by atoms with Crippen molar-refractivity contribution in [1.82, 2.24) is 0 Å². The maximum Gasteiger partial charge on any atom is 0.188 e. The molecule has 15 heavy (non-hydrogen) atoms. The van der Waals surface area contributed by atoms with E-state index in [9.17, 15) is 10.3 Å². The fourth-order valence-electron chi connectivity index (χ4n) is 2.06. The predicted octanol–water partition coefficient (Wildman–Crippen LogP) is 1.64. The van der Waals surface area contributed by atoms with E-state index in [0.717, 1.165) is 10.3 Å². The summed E-state index contributed by atoms with van der Waals surface area (Å²) in [5, 5.41) is 22.0. The SMILES string of the molecule is CC1(C)CC(O)(c2ccccc2)C=[N+]1[O-]. The highest BCUT2D eigenvalue weighted by molar-refractivity contribution is 5.69. The smallest absolute Gasteiger partial charge is 0.188 e. The van der Waals surface area contributed by atoms with E-state index in [0.29, 0.717) is 6.42 Å². The molecule has 0 spiro atoms. The molecule has 1 N–H and O–H groups in total. The van der Waals surface area contributed by atoms with Crippen molar-refractivity contribution in [2.45, 2.75) is 31.4 Å². The highest BCUT2D eigenvalue weighted by Crippen LogP contribution is 2.35. The van der Waals surface area contributed by atoms with Gasteiger partial charge in [0.1, 0.15) is 0 Å². The van der Waals surface area contributed by atoms with Crippen LogP contribution in [0.1, 0.15) is 25.8 Å². The van der Waals surface area contributed by atoms with Crippen molar-refractivity contribution in [1.29, 1.82) is 0 Å². The summed E-state index contributed by atoms with van der Waals surface area (Å²) >= 11 is 0. The monoisotopic (exact) mass is 205 g/mol. The van der Waals surface area contributed by atoms with Crippen molar-refractivity contribution >= 4 is 6.21 Å². The lowest BCUT2D eigenvalue weighted by molar-refractivity contribution is -0.527. The van der Waals surface area contributed by atoms with Crippen LogP contribution < -0.4 is 0 Å². The first-order valence-electron chi connectivity index (χ1n) is 5.04. The summed E-state index contributed by atoms with van der Waals surface area (Å²) in [5.74, 6) is 0. The summed E-state index contributed by atoms with van der Waals surface area (Å²) in [6.45, 7) is 3.66. The fourth-order valence-corrected chi connectivity index (χ4v) is 2.06. The van der Waals surface area contributed by atoms with Crippen molar-refractivity contribution in [2.75, 3.05) is 0 Å². The molecular formula is C12H15NO2. The van der Waals surface area contributed by atoms with Crippen LogP contribution in [0.4, 0.5) is 0 Å². The molecule has 1 atom stereocenters. The van der Waals surface area contributed by atoms with Gasteiger partial charge in [0.2, 0.25) is 0 Å². The maximum atomic E-state index is 11.6. The molecule has 1 aliphatic rings. The lowest BCUT2D eigenvalue weighted by Crippen LogP contribution is -2.31. The Labute approximate surface area is 89.3 Å². The van der Waals surface area contributed by atoms with Crippen molar-refractivity contribution in [2.24, 2.45) is 0 Å². The van der Waals surface area contributed by atoms with E-state index < -0.39 is 11.1 Å². The molecule has 3 heteroatoms. The van der Waals surface area contributed by atoms with Gasteiger partial charge in [-0.1, -0.05) is 30.3 Å². The second kappa shape index (κ2) is 3.07. The summed E-state index contributed by atoms with van der Waals surface area (Å²) in [6.07, 6.45) is 1.79. The molecule has 1 aromatic carbocycles. The third-order valence-corrected chi connectivity index (χ3v) is 2.90. The maximum absolute atomic E-state index is 11.6. The number of benzene rings is 1. The molecule has 1 aliphatic heterocycles. The number of hydroxylamine groups is 1. The van der Waals surface area contributed by atoms with Gasteiger partial charge in [0.05, 0.1) is 6.42 Å². The Bertz CT molecular complexity index is 397. The normalized spacial score (nSPS) is 28.9. The zero-order valence-electron chi connectivity index (χ0n) is 8.97. The van der Waals surface area contributed by atoms with E-state index in [1.165, 1.54) is 6.21 Å². The molecule has 0 fully saturated rings. The van der Waals surface area contributed by atoms with Crippen LogP contribution >= 0.6 is 0 Å². The lowest BCUT2D eigenvalue weighted by Gasteiger charge is -2.21. The van der Waals surface area contributed by atoms with E-state index in [1.807, 2.05) is 44.2 Å². The lowest BCUT2D eigenvalue weighted by atomic mass is 9.86. The third kappa shape index (κ3) is 1.63. The molecule has 1 unspecified atom stereocenters. The first-order chi connectivity index (χ1) is 6.94. The van der Waals surface area contributed by atoms with Crippen molar-refractivity contribution in [3.63, 3.8) is 0 Å². The first kappa shape index (κ1) is 10.2. The van der Waals surface area contributed by atoms with E-state index in [2.05, 4.69) is 0 Å². The predicted molar refractivity (Wildman–Crippen MR) is 58.7 cm³/mol. The van der Waals surface area contributed by atoms with Gasteiger partial charge >= 0.3 is 0 Å². The second-order valence-electron chi connectivity index (χ2n) is 4.73. The summed E-state index contributed by atoms with van der Waals surface area (Å²) in [5.41, 5.74) is -0.881. The largest absolute Gasteiger partial charge is 0.624 e. The van der Waals surface area contributed by atoms with Gasteiger partial charge in [-0.2, -0.15) is 0 Å². The fraction of sp³-hybridized carbons (Fsp3) is 0.417. The molecule has 1 aromatic rings. The molecule has 2 rings (SSSR count). The molecule has 0 radical (unpaired) electrons. The van der Waals surface area contributed by atoms with Crippen LogP contribution in [0.25, 0.3) is 0 Å². The van der Waals surface area contributed by atoms with Gasteiger partial charge in [-0.3, -0.25) is 0 Å². The van der Waals surface area contributed by atoms with E-state index in [1.54, 1.807) is 0 Å². The van der Waals surface area contributed by atoms with E-state index in [-0.39, 0.29) is 0 Å². The van der Waals surface area contributed by atoms with Gasteiger partial charge in [-0.05, 0) is 5.56 Å². The standard InChI is InChI=1S/C12H15NO2/c1-11(2)8-12(14,9-13(11)15)10-6-4-3-5-7-10/h3-7,9,14H,8H2,1-2H3. The van der Waals surface area contributed by atoms with Crippen molar-refractivity contribution < 1.29 is 9.85 Å². The quantitative estimate of drug-likeness (QED) is 0.559. The Kier molecular flexibility index (Phi) is 2.08. The number of rotatable bonds is 1. The summed E-state index contributed by atoms with van der Waals surface area (Å²) in [6, 6.07) is 9.29. The van der Waals surface area contributed by atoms with Crippen LogP contribution in [0.5, 0.6) is 0 Å². The van der Waals surface area contributed by atoms with Gasteiger partial charge in [0.25, 0.3) is 0 Å². The van der Waals surface area contributed by atoms with Gasteiger partial charge < -0.3 is 10.3 Å². The van der Waals surface area contributed by atoms with Gasteiger partial charge in [0, 0.05) is 13.8 Å². The number of nitrogens with zero attached hydrogens (tertiary/aromatic N) is 1. The van der Waals surface area contributed by atoms with Crippen LogP contribution in [0.3, 0.4) is 0 Å². The van der Waals surface area contributed by atoms with E-state index >= 15 is 0 Å². The van der Waals surface area contributed by atoms with Crippen LogP contribution in [-0.4, -0.2) is 21.6 Å². The number of hydrogen-bond acceptors (Lipinski definition) is 2. The molecule has 3 nitrogen and oxygen atoms in total. The van der Waals surface area contributed by atoms with E-state index in [4.69, 9.17) is 0 Å². The molecule has 0 saturated heterocycles. The Morgan fingerprint density at radius 3 is 2.33 bits per heavy atom. The number of hydrogen-bond donors (Lipinski definition) is 1. The molecule has 0 aromatic heterocycles. The Hall–Kier alpha value is -1.35. The molecule has 0 saturated carbocycles. The van der Waals surface area contributed by atoms with Crippen LogP contribution in [0.2, 0.25) is 0 Å². The average molecular weight is 205 g/mol. The minimum absolute atomic E-state index is 0.424. The summed E-state index contributed by atoms with van der Waals surface area (Å²) in [7, 11) is 0. The van der Waals surface area contributed by atoms with Crippen molar-refractivity contribution in [3.05, 3.63) is 41.1 Å². The van der Waals surface area contributed by atoms with Gasteiger partial charge in [-0.25, -0.2) is 4.74 Å². The molecule has 80 valence electrons. The Morgan fingerprint density at radius 1 is 1.27 bits per heavy atom. The van der Waals surface area contributed by atoms with Crippen molar-refractivity contribution in [3.8, 4) is 0 Å². The number of aliphatic hydroxyl groups is 1. The third-order valence-electron chi connectivity index (χ3n) is 2.90. The Balaban J connectivity index is 2.40. The van der Waals surface area contributed by atoms with Crippen LogP contribution in [-0.2, 0) is 5.60 Å². The minimum atomic E-state index is -1.12. The second-order valence-corrected chi connectivity index (χ2v) is 4.73. The topological polar surface area (TPSA) is 46.3 Å². The molecule has 0 amide bonds. The highest BCUT2D eigenvalue weighted by Gasteiger charge is 2.48. The zero-order chi connectivity index (χ0) is 11.1. The Morgan fingerprint density at radius 2 is 1.87 bits per heavy atom. The summed E-state index contributed by atoms with van der Waals surface area (Å²) in [4.78, 5) is 0. The molecule has 0 aliphatic carbocycles. The van der Waals surface area contributed by atoms with Crippen LogP contribution in [0, 0.1) is 5.21 Å². The first-order valence-corrected chi connectivity index (χ1v) is 5.04. The van der Waals surface area contributed by atoms with Gasteiger partial charge in [0.15, 0.2) is 17.4 Å². The average Bonchev–Trinajstić information content (AvgIpc) is 2.38. The minimum Gasteiger partial charge on any atom is -0.624 e. The van der Waals surface area contributed by atoms with Gasteiger partial charge in [-0.15, -0.1) is 0 Å². The van der Waals surface area contributed by atoms with Crippen LogP contribution in [0.15, 0.2) is 30.3 Å². The zero-order valence-corrected chi connectivity index (χ0v) is 8.97.